The van der Waals surface area contributed by atoms with Crippen LogP contribution in [0, 0.1) is 0 Å². The van der Waals surface area contributed by atoms with E-state index in [1.807, 2.05) is 30.3 Å². The lowest BCUT2D eigenvalue weighted by molar-refractivity contribution is 0.414. The van der Waals surface area contributed by atoms with Gasteiger partial charge >= 0.3 is 0 Å². The normalized spacial score (nSPS) is 11.4. The van der Waals surface area contributed by atoms with Crippen LogP contribution in [-0.2, 0) is 11.8 Å². The van der Waals surface area contributed by atoms with Crippen LogP contribution in [0.4, 0.5) is 5.82 Å². The van der Waals surface area contributed by atoms with Crippen molar-refractivity contribution in [1.82, 2.24) is 9.97 Å². The van der Waals surface area contributed by atoms with Crippen molar-refractivity contribution in [3.05, 3.63) is 47.4 Å². The zero-order chi connectivity index (χ0) is 14.8. The van der Waals surface area contributed by atoms with Gasteiger partial charge in [0.1, 0.15) is 17.4 Å². The molecule has 0 unspecified atom stereocenters. The van der Waals surface area contributed by atoms with Crippen LogP contribution < -0.4 is 10.5 Å². The number of hydrogen-bond donors (Lipinski definition) is 1. The third-order valence-electron chi connectivity index (χ3n) is 3.08. The largest absolute Gasteiger partial charge is 0.497 e. The van der Waals surface area contributed by atoms with Gasteiger partial charge in [-0.15, -0.1) is 0 Å². The molecule has 4 heteroatoms. The highest BCUT2D eigenvalue weighted by atomic mass is 16.5. The Labute approximate surface area is 120 Å². The monoisotopic (exact) mass is 271 g/mol. The first-order valence-electron chi connectivity index (χ1n) is 6.65. The van der Waals surface area contributed by atoms with E-state index >= 15 is 0 Å². The van der Waals surface area contributed by atoms with E-state index in [9.17, 15) is 0 Å². The van der Waals surface area contributed by atoms with Gasteiger partial charge in [-0.25, -0.2) is 9.97 Å². The van der Waals surface area contributed by atoms with Gasteiger partial charge in [0.25, 0.3) is 0 Å². The Hall–Kier alpha value is -2.10. The van der Waals surface area contributed by atoms with Crippen molar-refractivity contribution < 1.29 is 4.74 Å². The Morgan fingerprint density at radius 1 is 1.10 bits per heavy atom. The third-order valence-corrected chi connectivity index (χ3v) is 3.08. The molecular weight excluding hydrogens is 250 g/mol. The van der Waals surface area contributed by atoms with Crippen LogP contribution in [0.2, 0.25) is 0 Å². The topological polar surface area (TPSA) is 61.0 Å². The predicted octanol–water partition coefficient (Wildman–Crippen LogP) is 2.96. The van der Waals surface area contributed by atoms with Crippen LogP contribution >= 0.6 is 0 Å². The van der Waals surface area contributed by atoms with Crippen molar-refractivity contribution in [2.45, 2.75) is 32.6 Å². The molecule has 0 saturated carbocycles. The molecular formula is C16H21N3O. The van der Waals surface area contributed by atoms with Crippen molar-refractivity contribution in [3.8, 4) is 5.75 Å². The van der Waals surface area contributed by atoms with Gasteiger partial charge in [-0.2, -0.15) is 0 Å². The van der Waals surface area contributed by atoms with E-state index in [4.69, 9.17) is 10.5 Å². The maximum absolute atomic E-state index is 5.88. The molecule has 0 aliphatic carbocycles. The lowest BCUT2D eigenvalue weighted by atomic mass is 9.92. The number of ether oxygens (including phenoxy) is 1. The van der Waals surface area contributed by atoms with Crippen molar-refractivity contribution in [3.63, 3.8) is 0 Å². The summed E-state index contributed by atoms with van der Waals surface area (Å²) in [6.45, 7) is 6.35. The molecule has 0 fully saturated rings. The van der Waals surface area contributed by atoms with E-state index < -0.39 is 0 Å². The maximum Gasteiger partial charge on any atom is 0.135 e. The molecule has 0 atom stereocenters. The highest BCUT2D eigenvalue weighted by Gasteiger charge is 2.17. The van der Waals surface area contributed by atoms with Gasteiger partial charge in [-0.1, -0.05) is 32.9 Å². The number of benzene rings is 1. The van der Waals surface area contributed by atoms with Gasteiger partial charge in [0.05, 0.1) is 12.8 Å². The minimum Gasteiger partial charge on any atom is -0.497 e. The molecule has 0 bridgehead atoms. The summed E-state index contributed by atoms with van der Waals surface area (Å²) in [4.78, 5) is 8.94. The van der Waals surface area contributed by atoms with Crippen molar-refractivity contribution in [2.75, 3.05) is 12.8 Å². The number of anilines is 1. The Balaban J connectivity index is 2.26. The first-order chi connectivity index (χ1) is 9.38. The second-order valence-corrected chi connectivity index (χ2v) is 5.87. The fraction of sp³-hybridized carbons (Fsp3) is 0.375. The summed E-state index contributed by atoms with van der Waals surface area (Å²) in [5.41, 5.74) is 7.95. The summed E-state index contributed by atoms with van der Waals surface area (Å²) in [6.07, 6.45) is 0.665. The van der Waals surface area contributed by atoms with Crippen molar-refractivity contribution in [2.24, 2.45) is 0 Å². The predicted molar refractivity (Wildman–Crippen MR) is 80.9 cm³/mol. The molecule has 106 valence electrons. The third kappa shape index (κ3) is 3.47. The van der Waals surface area contributed by atoms with E-state index in [1.54, 1.807) is 7.11 Å². The van der Waals surface area contributed by atoms with E-state index in [2.05, 4.69) is 30.7 Å². The fourth-order valence-electron chi connectivity index (χ4n) is 1.91. The summed E-state index contributed by atoms with van der Waals surface area (Å²) >= 11 is 0. The quantitative estimate of drug-likeness (QED) is 0.932. The maximum atomic E-state index is 5.88. The summed E-state index contributed by atoms with van der Waals surface area (Å²) in [7, 11) is 1.66. The molecule has 1 aromatic heterocycles. The Morgan fingerprint density at radius 2 is 1.75 bits per heavy atom. The van der Waals surface area contributed by atoms with Gasteiger partial charge in [0.15, 0.2) is 0 Å². The molecule has 0 aliphatic heterocycles. The summed E-state index contributed by atoms with van der Waals surface area (Å²) in [5.74, 6) is 2.12. The SMILES string of the molecule is COc1ccc(Cc2nc(N)cc(C(C)(C)C)n2)cc1. The molecule has 1 heterocycles. The number of hydrogen-bond acceptors (Lipinski definition) is 4. The van der Waals surface area contributed by atoms with Crippen molar-refractivity contribution in [1.29, 1.82) is 0 Å². The lowest BCUT2D eigenvalue weighted by Crippen LogP contribution is -2.16. The van der Waals surface area contributed by atoms with E-state index in [0.29, 0.717) is 12.2 Å². The van der Waals surface area contributed by atoms with Gasteiger partial charge in [0, 0.05) is 17.9 Å². The van der Waals surface area contributed by atoms with Crippen LogP contribution in [-0.4, -0.2) is 17.1 Å². The molecule has 2 N–H and O–H groups in total. The molecule has 0 spiro atoms. The second-order valence-electron chi connectivity index (χ2n) is 5.87. The molecule has 20 heavy (non-hydrogen) atoms. The number of methoxy groups -OCH3 is 1. The van der Waals surface area contributed by atoms with Crippen LogP contribution in [0.25, 0.3) is 0 Å². The molecule has 2 rings (SSSR count). The number of aromatic nitrogens is 2. The van der Waals surface area contributed by atoms with Crippen LogP contribution in [0.15, 0.2) is 30.3 Å². The average Bonchev–Trinajstić information content (AvgIpc) is 2.38. The van der Waals surface area contributed by atoms with Crippen LogP contribution in [0.3, 0.4) is 0 Å². The zero-order valence-corrected chi connectivity index (χ0v) is 12.5. The average molecular weight is 271 g/mol. The summed E-state index contributed by atoms with van der Waals surface area (Å²) in [5, 5.41) is 0. The van der Waals surface area contributed by atoms with Crippen molar-refractivity contribution >= 4 is 5.82 Å². The standard InChI is InChI=1S/C16H21N3O/c1-16(2,3)13-10-14(17)19-15(18-13)9-11-5-7-12(20-4)8-6-11/h5-8,10H,9H2,1-4H3,(H2,17,18,19). The highest BCUT2D eigenvalue weighted by Crippen LogP contribution is 2.22. The Kier molecular flexibility index (Phi) is 3.93. The van der Waals surface area contributed by atoms with E-state index in [0.717, 1.165) is 22.8 Å². The Morgan fingerprint density at radius 3 is 2.30 bits per heavy atom. The van der Waals surface area contributed by atoms with Gasteiger partial charge < -0.3 is 10.5 Å². The number of nitrogens with zero attached hydrogens (tertiary/aromatic N) is 2. The van der Waals surface area contributed by atoms with Gasteiger partial charge in [-0.05, 0) is 17.7 Å². The fourth-order valence-corrected chi connectivity index (χ4v) is 1.91. The summed E-state index contributed by atoms with van der Waals surface area (Å²) < 4.78 is 5.15. The first kappa shape index (κ1) is 14.3. The molecule has 2 aromatic rings. The zero-order valence-electron chi connectivity index (χ0n) is 12.5. The number of nitrogens with two attached hydrogens (primary N) is 1. The highest BCUT2D eigenvalue weighted by molar-refractivity contribution is 5.34. The van der Waals surface area contributed by atoms with Gasteiger partial charge in [0.2, 0.25) is 0 Å². The number of nitrogen functional groups attached to an aromatic ring is 1. The molecule has 0 saturated heterocycles. The van der Waals surface area contributed by atoms with Crippen LogP contribution in [0.5, 0.6) is 5.75 Å². The smallest absolute Gasteiger partial charge is 0.135 e. The Bertz CT molecular complexity index is 586. The molecule has 0 aliphatic rings. The molecule has 0 amide bonds. The van der Waals surface area contributed by atoms with Gasteiger partial charge in [-0.3, -0.25) is 0 Å². The van der Waals surface area contributed by atoms with E-state index in [-0.39, 0.29) is 5.41 Å². The lowest BCUT2D eigenvalue weighted by Gasteiger charge is -2.18. The molecule has 4 nitrogen and oxygen atoms in total. The molecule has 1 aromatic carbocycles. The number of rotatable bonds is 3. The molecule has 0 radical (unpaired) electrons. The van der Waals surface area contributed by atoms with E-state index in [1.165, 1.54) is 0 Å². The summed E-state index contributed by atoms with van der Waals surface area (Å²) in [6, 6.07) is 9.75. The second kappa shape index (κ2) is 5.49. The first-order valence-corrected chi connectivity index (χ1v) is 6.65. The van der Waals surface area contributed by atoms with Crippen LogP contribution in [0.1, 0.15) is 37.9 Å². The minimum atomic E-state index is -0.0360. The minimum absolute atomic E-state index is 0.0360.